The Bertz CT molecular complexity index is 1240. The molecule has 35 heavy (non-hydrogen) atoms. The summed E-state index contributed by atoms with van der Waals surface area (Å²) in [6.07, 6.45) is -0.585. The Labute approximate surface area is 200 Å². The first-order valence-electron chi connectivity index (χ1n) is 11.1. The van der Waals surface area contributed by atoms with Gasteiger partial charge in [-0.05, 0) is 74.9 Å². The highest BCUT2D eigenvalue weighted by molar-refractivity contribution is 5.74. The lowest BCUT2D eigenvalue weighted by Crippen LogP contribution is -2.40. The fourth-order valence-electron chi connectivity index (χ4n) is 4.25. The van der Waals surface area contributed by atoms with Gasteiger partial charge in [-0.15, -0.1) is 0 Å². The van der Waals surface area contributed by atoms with Gasteiger partial charge in [0.25, 0.3) is 0 Å². The summed E-state index contributed by atoms with van der Waals surface area (Å²) in [6, 6.07) is 9.76. The Morgan fingerprint density at radius 1 is 1.03 bits per heavy atom. The van der Waals surface area contributed by atoms with Crippen LogP contribution in [-0.2, 0) is 16.6 Å². The zero-order chi connectivity index (χ0) is 25.4. The Morgan fingerprint density at radius 2 is 1.74 bits per heavy atom. The molecule has 2 aromatic heterocycles. The standard InChI is InChI=1S/C25H25F3N4O3/c1-15-11-17(13-18(12-15)31-22-29-10-5-20(32-22)25(26,27)28)16-3-4-19(30-14-16)24(35)8-6-23(2,7-9-24)21(33)34/h3-5,10-14,35H,6-9H2,1-2H3,(H,33,34)(H,29,31,32)/t23-,24-. The number of hydrogen-bond donors (Lipinski definition) is 3. The van der Waals surface area contributed by atoms with Gasteiger partial charge in [0.1, 0.15) is 11.3 Å². The normalized spacial score (nSPS) is 22.6. The van der Waals surface area contributed by atoms with Gasteiger partial charge in [0, 0.05) is 23.6 Å². The molecule has 0 atom stereocenters. The number of pyridine rings is 1. The first kappa shape index (κ1) is 24.6. The van der Waals surface area contributed by atoms with Crippen molar-refractivity contribution in [3.8, 4) is 11.1 Å². The Kier molecular flexibility index (Phi) is 6.27. The number of halogens is 3. The van der Waals surface area contributed by atoms with E-state index >= 15 is 0 Å². The second kappa shape index (κ2) is 8.92. The maximum absolute atomic E-state index is 13.0. The second-order valence-corrected chi connectivity index (χ2v) is 9.31. The molecule has 0 aliphatic heterocycles. The second-order valence-electron chi connectivity index (χ2n) is 9.31. The molecular weight excluding hydrogens is 461 g/mol. The van der Waals surface area contributed by atoms with E-state index in [1.165, 1.54) is 0 Å². The van der Waals surface area contributed by atoms with Crippen LogP contribution in [0, 0.1) is 12.3 Å². The summed E-state index contributed by atoms with van der Waals surface area (Å²) in [5.74, 6) is -1.03. The summed E-state index contributed by atoms with van der Waals surface area (Å²) < 4.78 is 38.9. The lowest BCUT2D eigenvalue weighted by molar-refractivity contribution is -0.153. The number of rotatable bonds is 5. The van der Waals surface area contributed by atoms with E-state index in [-0.39, 0.29) is 5.95 Å². The summed E-state index contributed by atoms with van der Waals surface area (Å²) in [4.78, 5) is 23.4. The fraction of sp³-hybridized carbons (Fsp3) is 0.360. The number of aryl methyl sites for hydroxylation is 1. The lowest BCUT2D eigenvalue weighted by Gasteiger charge is -2.39. The number of anilines is 2. The molecule has 7 nitrogen and oxygen atoms in total. The minimum absolute atomic E-state index is 0.169. The van der Waals surface area contributed by atoms with Crippen LogP contribution in [0.4, 0.5) is 24.8 Å². The van der Waals surface area contributed by atoms with Crippen LogP contribution in [0.5, 0.6) is 0 Å². The molecule has 1 aliphatic rings. The van der Waals surface area contributed by atoms with Crippen molar-refractivity contribution in [2.24, 2.45) is 5.41 Å². The molecule has 4 rings (SSSR count). The van der Waals surface area contributed by atoms with E-state index in [0.29, 0.717) is 37.1 Å². The van der Waals surface area contributed by atoms with Crippen molar-refractivity contribution in [3.05, 3.63) is 65.7 Å². The largest absolute Gasteiger partial charge is 0.481 e. The molecular formula is C25H25F3N4O3. The molecule has 0 saturated heterocycles. The molecule has 1 aliphatic carbocycles. The molecule has 184 valence electrons. The van der Waals surface area contributed by atoms with Crippen LogP contribution in [-0.4, -0.2) is 31.1 Å². The van der Waals surface area contributed by atoms with E-state index in [4.69, 9.17) is 0 Å². The third-order valence-corrected chi connectivity index (χ3v) is 6.55. The number of aliphatic carboxylic acids is 1. The number of benzene rings is 1. The molecule has 2 heterocycles. The van der Waals surface area contributed by atoms with Crippen LogP contribution in [0.15, 0.2) is 48.8 Å². The van der Waals surface area contributed by atoms with Crippen molar-refractivity contribution < 1.29 is 28.2 Å². The average molecular weight is 486 g/mol. The number of aliphatic hydroxyl groups is 1. The van der Waals surface area contributed by atoms with Gasteiger partial charge in [-0.2, -0.15) is 13.2 Å². The summed E-state index contributed by atoms with van der Waals surface area (Å²) in [5, 5.41) is 23.3. The van der Waals surface area contributed by atoms with Crippen LogP contribution in [0.1, 0.15) is 49.6 Å². The van der Waals surface area contributed by atoms with Gasteiger partial charge in [0.2, 0.25) is 5.95 Å². The minimum Gasteiger partial charge on any atom is -0.481 e. The minimum atomic E-state index is -4.57. The highest BCUT2D eigenvalue weighted by Crippen LogP contribution is 2.45. The third kappa shape index (κ3) is 5.27. The predicted octanol–water partition coefficient (Wildman–Crippen LogP) is 5.46. The highest BCUT2D eigenvalue weighted by atomic mass is 19.4. The van der Waals surface area contributed by atoms with E-state index in [9.17, 15) is 28.2 Å². The number of hydrogen-bond acceptors (Lipinski definition) is 6. The van der Waals surface area contributed by atoms with E-state index < -0.39 is 28.9 Å². The Hall–Kier alpha value is -3.53. The monoisotopic (exact) mass is 486 g/mol. The van der Waals surface area contributed by atoms with E-state index in [2.05, 4.69) is 20.3 Å². The molecule has 0 radical (unpaired) electrons. The molecule has 1 fully saturated rings. The van der Waals surface area contributed by atoms with Crippen molar-refractivity contribution in [1.29, 1.82) is 0 Å². The van der Waals surface area contributed by atoms with Gasteiger partial charge >= 0.3 is 12.1 Å². The summed E-state index contributed by atoms with van der Waals surface area (Å²) in [6.45, 7) is 3.55. The number of carboxylic acids is 1. The van der Waals surface area contributed by atoms with Crippen LogP contribution in [0.25, 0.3) is 11.1 Å². The third-order valence-electron chi connectivity index (χ3n) is 6.55. The first-order chi connectivity index (χ1) is 16.4. The van der Waals surface area contributed by atoms with Crippen molar-refractivity contribution in [2.45, 2.75) is 51.3 Å². The zero-order valence-electron chi connectivity index (χ0n) is 19.2. The average Bonchev–Trinajstić information content (AvgIpc) is 2.80. The van der Waals surface area contributed by atoms with Gasteiger partial charge in [0.15, 0.2) is 0 Å². The number of aromatic nitrogens is 3. The lowest BCUT2D eigenvalue weighted by atomic mass is 9.69. The summed E-state index contributed by atoms with van der Waals surface area (Å²) in [7, 11) is 0. The van der Waals surface area contributed by atoms with Gasteiger partial charge < -0.3 is 15.5 Å². The SMILES string of the molecule is Cc1cc(Nc2nccc(C(F)(F)F)n2)cc(-c2ccc([C@]3(O)CC[C@](C)(C(=O)O)CC3)nc2)c1. The van der Waals surface area contributed by atoms with Gasteiger partial charge in [-0.1, -0.05) is 12.1 Å². The molecule has 0 unspecified atom stereocenters. The number of carboxylic acid groups (broad SMARTS) is 1. The van der Waals surface area contributed by atoms with Crippen LogP contribution < -0.4 is 5.32 Å². The summed E-state index contributed by atoms with van der Waals surface area (Å²) >= 11 is 0. The first-order valence-corrected chi connectivity index (χ1v) is 11.1. The zero-order valence-corrected chi connectivity index (χ0v) is 19.2. The Morgan fingerprint density at radius 3 is 2.34 bits per heavy atom. The smallest absolute Gasteiger partial charge is 0.433 e. The maximum Gasteiger partial charge on any atom is 0.433 e. The van der Waals surface area contributed by atoms with E-state index in [1.807, 2.05) is 19.1 Å². The molecule has 1 saturated carbocycles. The van der Waals surface area contributed by atoms with Crippen molar-refractivity contribution in [2.75, 3.05) is 5.32 Å². The van der Waals surface area contributed by atoms with Crippen LogP contribution in [0.2, 0.25) is 0 Å². The van der Waals surface area contributed by atoms with Gasteiger partial charge in [0.05, 0.1) is 11.1 Å². The topological polar surface area (TPSA) is 108 Å². The Balaban J connectivity index is 1.54. The van der Waals surface area contributed by atoms with Crippen molar-refractivity contribution >= 4 is 17.6 Å². The van der Waals surface area contributed by atoms with Crippen molar-refractivity contribution in [1.82, 2.24) is 15.0 Å². The van der Waals surface area contributed by atoms with Crippen LogP contribution in [0.3, 0.4) is 0 Å². The predicted molar refractivity (Wildman–Crippen MR) is 123 cm³/mol. The number of carbonyl (C=O) groups is 1. The molecule has 0 spiro atoms. The molecule has 0 bridgehead atoms. The van der Waals surface area contributed by atoms with Crippen LogP contribution >= 0.6 is 0 Å². The number of nitrogens with zero attached hydrogens (tertiary/aromatic N) is 3. The molecule has 1 aromatic carbocycles. The molecule has 10 heteroatoms. The van der Waals surface area contributed by atoms with E-state index in [1.54, 1.807) is 31.3 Å². The highest BCUT2D eigenvalue weighted by Gasteiger charge is 2.44. The molecule has 3 aromatic rings. The number of nitrogens with one attached hydrogen (secondary N) is 1. The molecule has 0 amide bonds. The van der Waals surface area contributed by atoms with Crippen molar-refractivity contribution in [3.63, 3.8) is 0 Å². The quantitative estimate of drug-likeness (QED) is 0.439. The fourth-order valence-corrected chi connectivity index (χ4v) is 4.25. The number of alkyl halides is 3. The summed E-state index contributed by atoms with van der Waals surface area (Å²) in [5.41, 5.74) is 0.313. The molecule has 3 N–H and O–H groups in total. The van der Waals surface area contributed by atoms with E-state index in [0.717, 1.165) is 29.0 Å². The van der Waals surface area contributed by atoms with Gasteiger partial charge in [-0.25, -0.2) is 9.97 Å². The van der Waals surface area contributed by atoms with Gasteiger partial charge in [-0.3, -0.25) is 9.78 Å². The maximum atomic E-state index is 13.0.